The van der Waals surface area contributed by atoms with E-state index in [1.807, 2.05) is 67.6 Å². The Morgan fingerprint density at radius 1 is 1.00 bits per heavy atom. The summed E-state index contributed by atoms with van der Waals surface area (Å²) in [6.07, 6.45) is -4.09. The second kappa shape index (κ2) is 9.58. The number of nitrogens with one attached hydrogen (secondary N) is 2. The van der Waals surface area contributed by atoms with Crippen LogP contribution in [-0.2, 0) is 17.4 Å². The normalized spacial score (nSPS) is 15.9. The lowest BCUT2D eigenvalue weighted by Crippen LogP contribution is -2.32. The summed E-state index contributed by atoms with van der Waals surface area (Å²) in [6, 6.07) is 23.5. The molecule has 2 atom stereocenters. The number of hydrogen-bond donors (Lipinski definition) is 2. The number of benzene rings is 3. The molecular weight excluding hydrogens is 505 g/mol. The minimum Gasteiger partial charge on any atom is -0.358 e. The van der Waals surface area contributed by atoms with Gasteiger partial charge in [-0.1, -0.05) is 71.4 Å². The lowest BCUT2D eigenvalue weighted by Gasteiger charge is -2.15. The molecular formula is C30H23F3N4O2. The van der Waals surface area contributed by atoms with Gasteiger partial charge in [-0.25, -0.2) is 0 Å². The van der Waals surface area contributed by atoms with Gasteiger partial charge in [0.15, 0.2) is 0 Å². The Morgan fingerprint density at radius 2 is 1.72 bits per heavy atom. The molecule has 2 aromatic heterocycles. The minimum atomic E-state index is -4.44. The summed E-state index contributed by atoms with van der Waals surface area (Å²) < 4.78 is 44.5. The zero-order valence-corrected chi connectivity index (χ0v) is 20.8. The number of amides is 1. The molecule has 1 aliphatic carbocycles. The Hall–Kier alpha value is -4.66. The zero-order chi connectivity index (χ0) is 27.1. The highest BCUT2D eigenvalue weighted by atomic mass is 19.4. The molecule has 3 aromatic carbocycles. The molecule has 2 heterocycles. The maximum absolute atomic E-state index is 13.4. The maximum atomic E-state index is 13.4. The molecule has 2 N–H and O–H groups in total. The number of carbonyl (C=O) groups is 1. The smallest absolute Gasteiger partial charge is 0.358 e. The summed E-state index contributed by atoms with van der Waals surface area (Å²) in [5.41, 5.74) is 4.43. The van der Waals surface area contributed by atoms with E-state index in [0.29, 0.717) is 12.0 Å². The molecule has 6 nitrogen and oxygen atoms in total. The third-order valence-electron chi connectivity index (χ3n) is 6.95. The number of aromatic amines is 1. The van der Waals surface area contributed by atoms with Crippen molar-refractivity contribution in [3.05, 3.63) is 113 Å². The number of halogens is 3. The zero-order valence-electron chi connectivity index (χ0n) is 20.8. The van der Waals surface area contributed by atoms with Gasteiger partial charge in [0, 0.05) is 23.2 Å². The van der Waals surface area contributed by atoms with Crippen LogP contribution in [0.2, 0.25) is 0 Å². The van der Waals surface area contributed by atoms with Crippen LogP contribution in [0.1, 0.15) is 35.7 Å². The van der Waals surface area contributed by atoms with E-state index in [1.165, 1.54) is 12.1 Å². The Kier molecular flexibility index (Phi) is 6.06. The van der Waals surface area contributed by atoms with Gasteiger partial charge < -0.3 is 14.8 Å². The van der Waals surface area contributed by atoms with Gasteiger partial charge >= 0.3 is 6.18 Å². The van der Waals surface area contributed by atoms with Crippen molar-refractivity contribution in [2.24, 2.45) is 5.92 Å². The van der Waals surface area contributed by atoms with Crippen molar-refractivity contribution in [3.8, 4) is 11.4 Å². The van der Waals surface area contributed by atoms with Gasteiger partial charge in [0.05, 0.1) is 11.5 Å². The number of rotatable bonds is 7. The number of H-pyrrole nitrogens is 1. The van der Waals surface area contributed by atoms with Crippen LogP contribution < -0.4 is 5.32 Å². The monoisotopic (exact) mass is 528 g/mol. The summed E-state index contributed by atoms with van der Waals surface area (Å²) in [5.74, 6) is -0.228. The highest BCUT2D eigenvalue weighted by Gasteiger charge is 2.41. The fourth-order valence-electron chi connectivity index (χ4n) is 4.89. The van der Waals surface area contributed by atoms with Crippen LogP contribution in [0, 0.1) is 5.92 Å². The number of para-hydroxylation sites is 1. The van der Waals surface area contributed by atoms with Gasteiger partial charge in [-0.05, 0) is 47.7 Å². The van der Waals surface area contributed by atoms with Crippen molar-refractivity contribution < 1.29 is 22.5 Å². The molecule has 0 radical (unpaired) electrons. The first-order valence-electron chi connectivity index (χ1n) is 12.4. The summed E-state index contributed by atoms with van der Waals surface area (Å²) in [4.78, 5) is 21.2. The van der Waals surface area contributed by atoms with Crippen LogP contribution in [0.15, 0.2) is 95.0 Å². The predicted molar refractivity (Wildman–Crippen MR) is 140 cm³/mol. The highest BCUT2D eigenvalue weighted by Crippen LogP contribution is 2.47. The number of hydrogen-bond acceptors (Lipinski definition) is 4. The van der Waals surface area contributed by atoms with Crippen molar-refractivity contribution in [3.63, 3.8) is 0 Å². The lowest BCUT2D eigenvalue weighted by atomic mass is 10.1. The van der Waals surface area contributed by atoms with Gasteiger partial charge in [-0.3, -0.25) is 4.79 Å². The molecule has 39 heavy (non-hydrogen) atoms. The average Bonchev–Trinajstić information content (AvgIpc) is 3.24. The molecule has 0 spiro atoms. The second-order valence-corrected chi connectivity index (χ2v) is 9.57. The molecule has 0 saturated carbocycles. The fraction of sp³-hybridized carbons (Fsp3) is 0.167. The Bertz CT molecular complexity index is 1650. The van der Waals surface area contributed by atoms with Crippen LogP contribution in [-0.4, -0.2) is 21.0 Å². The first kappa shape index (κ1) is 24.7. The van der Waals surface area contributed by atoms with Crippen LogP contribution in [0.4, 0.5) is 13.2 Å². The van der Waals surface area contributed by atoms with Gasteiger partial charge in [0.1, 0.15) is 6.04 Å². The predicted octanol–water partition coefficient (Wildman–Crippen LogP) is 6.74. The molecule has 0 aliphatic heterocycles. The molecule has 196 valence electrons. The molecule has 0 bridgehead atoms. The van der Waals surface area contributed by atoms with Crippen LogP contribution in [0.25, 0.3) is 27.9 Å². The van der Waals surface area contributed by atoms with Crippen molar-refractivity contribution in [1.29, 1.82) is 0 Å². The molecule has 1 amide bonds. The van der Waals surface area contributed by atoms with Gasteiger partial charge in [-0.2, -0.15) is 18.2 Å². The summed E-state index contributed by atoms with van der Waals surface area (Å²) in [5, 5.41) is 8.08. The standard InChI is InChI=1S/C30H23F3N4O2/c1-17-25(18-7-3-2-4-8-18)26(17)28(38)35-24(16-22-15-20-9-5-6-10-23(20)34-22)29-36-27(37-39-29)19-11-13-21(14-12-19)30(31,32)33/h2-15,24,26,34H,16H2,1H3,(H,35,38). The van der Waals surface area contributed by atoms with Crippen LogP contribution in [0.3, 0.4) is 0 Å². The van der Waals surface area contributed by atoms with Gasteiger partial charge in [0.25, 0.3) is 0 Å². The number of carbonyl (C=O) groups excluding carboxylic acids is 1. The Labute approximate surface area is 221 Å². The number of nitrogens with zero attached hydrogens (tertiary/aromatic N) is 2. The van der Waals surface area contributed by atoms with E-state index in [4.69, 9.17) is 4.52 Å². The topological polar surface area (TPSA) is 83.8 Å². The van der Waals surface area contributed by atoms with E-state index >= 15 is 0 Å². The molecule has 0 saturated heterocycles. The van der Waals surface area contributed by atoms with E-state index in [0.717, 1.165) is 45.4 Å². The second-order valence-electron chi connectivity index (χ2n) is 9.57. The van der Waals surface area contributed by atoms with Crippen molar-refractivity contribution in [1.82, 2.24) is 20.4 Å². The molecule has 1 aliphatic rings. The fourth-order valence-corrected chi connectivity index (χ4v) is 4.89. The number of aromatic nitrogens is 3. The average molecular weight is 529 g/mol. The Morgan fingerprint density at radius 3 is 2.44 bits per heavy atom. The van der Waals surface area contributed by atoms with E-state index in [-0.39, 0.29) is 23.5 Å². The first-order valence-corrected chi connectivity index (χ1v) is 12.4. The third-order valence-corrected chi connectivity index (χ3v) is 6.95. The van der Waals surface area contributed by atoms with Crippen molar-refractivity contribution >= 4 is 22.4 Å². The quantitative estimate of drug-likeness (QED) is 0.245. The van der Waals surface area contributed by atoms with E-state index in [9.17, 15) is 18.0 Å². The summed E-state index contributed by atoms with van der Waals surface area (Å²) >= 11 is 0. The molecule has 5 aromatic rings. The van der Waals surface area contributed by atoms with E-state index in [1.54, 1.807) is 0 Å². The SMILES string of the molecule is CC1=C(c2ccccc2)C1C(=O)NC(Cc1cc2ccccc2[nH]1)c1nc(-c2ccc(C(F)(F)F)cc2)no1. The van der Waals surface area contributed by atoms with Crippen molar-refractivity contribution in [2.45, 2.75) is 25.6 Å². The molecule has 0 fully saturated rings. The summed E-state index contributed by atoms with van der Waals surface area (Å²) in [7, 11) is 0. The molecule has 6 rings (SSSR count). The minimum absolute atomic E-state index is 0.139. The highest BCUT2D eigenvalue weighted by molar-refractivity contribution is 6.06. The summed E-state index contributed by atoms with van der Waals surface area (Å²) in [6.45, 7) is 1.94. The third kappa shape index (κ3) is 4.95. The molecule has 9 heteroatoms. The lowest BCUT2D eigenvalue weighted by molar-refractivity contribution is -0.137. The first-order chi connectivity index (χ1) is 18.8. The van der Waals surface area contributed by atoms with Crippen molar-refractivity contribution in [2.75, 3.05) is 0 Å². The molecule has 2 unspecified atom stereocenters. The largest absolute Gasteiger partial charge is 0.416 e. The van der Waals surface area contributed by atoms with E-state index < -0.39 is 17.8 Å². The number of fused-ring (bicyclic) bond motifs is 1. The number of alkyl halides is 3. The Balaban J connectivity index is 1.27. The van der Waals surface area contributed by atoms with E-state index in [2.05, 4.69) is 20.4 Å². The van der Waals surface area contributed by atoms with Crippen LogP contribution in [0.5, 0.6) is 0 Å². The van der Waals surface area contributed by atoms with Gasteiger partial charge in [-0.15, -0.1) is 0 Å². The maximum Gasteiger partial charge on any atom is 0.416 e. The van der Waals surface area contributed by atoms with Crippen LogP contribution >= 0.6 is 0 Å². The van der Waals surface area contributed by atoms with Gasteiger partial charge in [0.2, 0.25) is 17.6 Å².